The lowest BCUT2D eigenvalue weighted by molar-refractivity contribution is 0.902. The van der Waals surface area contributed by atoms with Gasteiger partial charge in [-0.15, -0.1) is 0 Å². The third-order valence-corrected chi connectivity index (χ3v) is 5.00. The summed E-state index contributed by atoms with van der Waals surface area (Å²) < 4.78 is 2.49. The van der Waals surface area contributed by atoms with E-state index in [0.717, 1.165) is 33.5 Å². The zero-order chi connectivity index (χ0) is 17.6. The fraction of sp³-hybridized carbons (Fsp3) is 0.150. The minimum atomic E-state index is 0.601. The molecule has 4 rings (SSSR count). The summed E-state index contributed by atoms with van der Waals surface area (Å²) in [4.78, 5) is 4.87. The molecule has 25 heavy (non-hydrogen) atoms. The summed E-state index contributed by atoms with van der Waals surface area (Å²) in [7, 11) is 1.92. The lowest BCUT2D eigenvalue weighted by Gasteiger charge is -2.10. The van der Waals surface area contributed by atoms with E-state index in [4.69, 9.17) is 17.2 Å². The van der Waals surface area contributed by atoms with Crippen LogP contribution in [0.15, 0.2) is 48.5 Å². The summed E-state index contributed by atoms with van der Waals surface area (Å²) >= 11 is 5.28. The maximum atomic E-state index is 5.28. The quantitative estimate of drug-likeness (QED) is 0.521. The van der Waals surface area contributed by atoms with Gasteiger partial charge in [-0.1, -0.05) is 30.3 Å². The van der Waals surface area contributed by atoms with Crippen LogP contribution >= 0.6 is 12.2 Å². The van der Waals surface area contributed by atoms with Gasteiger partial charge in [-0.3, -0.25) is 5.10 Å². The lowest BCUT2D eigenvalue weighted by atomic mass is 10.0. The number of hydrogen-bond donors (Lipinski definition) is 1. The summed E-state index contributed by atoms with van der Waals surface area (Å²) in [5, 5.41) is 8.35. The lowest BCUT2D eigenvalue weighted by Crippen LogP contribution is -1.96. The van der Waals surface area contributed by atoms with E-state index in [2.05, 4.69) is 54.4 Å². The van der Waals surface area contributed by atoms with Crippen molar-refractivity contribution >= 4 is 23.1 Å². The number of benzene rings is 2. The number of H-pyrrole nitrogens is 1. The normalized spacial score (nSPS) is 11.2. The minimum absolute atomic E-state index is 0.601. The SMILES string of the molecule is Cc1ccc(-c2cc(-c3n[nH]c(=S)n3C)c3ccccc3n2)cc1C. The first kappa shape index (κ1) is 15.7. The molecule has 0 saturated heterocycles. The van der Waals surface area contributed by atoms with Crippen LogP contribution in [0.4, 0.5) is 0 Å². The van der Waals surface area contributed by atoms with Gasteiger partial charge in [0.05, 0.1) is 11.2 Å². The molecule has 0 radical (unpaired) electrons. The van der Waals surface area contributed by atoms with Crippen molar-refractivity contribution in [1.82, 2.24) is 19.7 Å². The van der Waals surface area contributed by atoms with Crippen LogP contribution in [0.2, 0.25) is 0 Å². The van der Waals surface area contributed by atoms with Crippen molar-refractivity contribution in [3.05, 3.63) is 64.4 Å². The van der Waals surface area contributed by atoms with Crippen LogP contribution in [0.1, 0.15) is 11.1 Å². The molecule has 0 spiro atoms. The molecule has 0 aliphatic rings. The molecular formula is C20H18N4S. The zero-order valence-electron chi connectivity index (χ0n) is 14.4. The maximum Gasteiger partial charge on any atom is 0.195 e. The van der Waals surface area contributed by atoms with Crippen molar-refractivity contribution in [1.29, 1.82) is 0 Å². The average molecular weight is 346 g/mol. The van der Waals surface area contributed by atoms with Crippen LogP contribution in [0.3, 0.4) is 0 Å². The van der Waals surface area contributed by atoms with Crippen molar-refractivity contribution in [3.8, 4) is 22.6 Å². The summed E-state index contributed by atoms with van der Waals surface area (Å²) in [5.41, 5.74) is 6.54. The Hall–Kier alpha value is -2.79. The molecule has 0 amide bonds. The molecule has 124 valence electrons. The molecule has 1 N–H and O–H groups in total. The van der Waals surface area contributed by atoms with Gasteiger partial charge >= 0.3 is 0 Å². The molecule has 5 heteroatoms. The van der Waals surface area contributed by atoms with Crippen LogP contribution < -0.4 is 0 Å². The summed E-state index contributed by atoms with van der Waals surface area (Å²) in [5.74, 6) is 0.814. The Morgan fingerprint density at radius 2 is 1.80 bits per heavy atom. The van der Waals surface area contributed by atoms with Gasteiger partial charge in [0.1, 0.15) is 0 Å². The molecule has 4 aromatic rings. The van der Waals surface area contributed by atoms with Gasteiger partial charge in [-0.2, -0.15) is 5.10 Å². The van der Waals surface area contributed by atoms with E-state index in [1.54, 1.807) is 0 Å². The van der Waals surface area contributed by atoms with Gasteiger partial charge in [0, 0.05) is 23.6 Å². The molecule has 2 heterocycles. The Morgan fingerprint density at radius 3 is 2.52 bits per heavy atom. The molecule has 0 unspecified atom stereocenters. The van der Waals surface area contributed by atoms with Crippen molar-refractivity contribution in [2.45, 2.75) is 13.8 Å². The Kier molecular flexibility index (Phi) is 3.73. The van der Waals surface area contributed by atoms with Crippen LogP contribution in [0, 0.1) is 18.6 Å². The highest BCUT2D eigenvalue weighted by molar-refractivity contribution is 7.71. The smallest absolute Gasteiger partial charge is 0.195 e. The number of hydrogen-bond acceptors (Lipinski definition) is 3. The van der Waals surface area contributed by atoms with Gasteiger partial charge in [0.2, 0.25) is 0 Å². The van der Waals surface area contributed by atoms with Gasteiger partial charge in [0.15, 0.2) is 10.6 Å². The molecule has 0 saturated carbocycles. The molecule has 0 bridgehead atoms. The number of para-hydroxylation sites is 1. The van der Waals surface area contributed by atoms with Gasteiger partial charge < -0.3 is 4.57 Å². The first-order valence-electron chi connectivity index (χ1n) is 8.14. The standard InChI is InChI=1S/C20H18N4S/c1-12-8-9-14(10-13(12)2)18-11-16(19-22-23-20(25)24(19)3)15-6-4-5-7-17(15)21-18/h4-11H,1-3H3,(H,23,25). The number of nitrogens with one attached hydrogen (secondary N) is 1. The highest BCUT2D eigenvalue weighted by atomic mass is 32.1. The first-order valence-corrected chi connectivity index (χ1v) is 8.54. The maximum absolute atomic E-state index is 5.28. The topological polar surface area (TPSA) is 46.5 Å². The van der Waals surface area contributed by atoms with Gasteiger partial charge in [-0.05, 0) is 55.4 Å². The van der Waals surface area contributed by atoms with Crippen LogP contribution in [0.5, 0.6) is 0 Å². The third kappa shape index (κ3) is 2.66. The molecule has 2 aromatic heterocycles. The van der Waals surface area contributed by atoms with Gasteiger partial charge in [0.25, 0.3) is 0 Å². The van der Waals surface area contributed by atoms with Crippen LogP contribution in [-0.2, 0) is 7.05 Å². The molecule has 0 atom stereocenters. The number of aryl methyl sites for hydroxylation is 2. The van der Waals surface area contributed by atoms with Crippen molar-refractivity contribution in [2.24, 2.45) is 7.05 Å². The number of fused-ring (bicyclic) bond motifs is 1. The highest BCUT2D eigenvalue weighted by Crippen LogP contribution is 2.31. The Labute approximate surface area is 151 Å². The molecule has 4 nitrogen and oxygen atoms in total. The fourth-order valence-corrected chi connectivity index (χ4v) is 3.13. The number of rotatable bonds is 2. The van der Waals surface area contributed by atoms with E-state index in [1.165, 1.54) is 11.1 Å². The third-order valence-electron chi connectivity index (χ3n) is 4.64. The Morgan fingerprint density at radius 1 is 1.00 bits per heavy atom. The molecular weight excluding hydrogens is 328 g/mol. The number of nitrogens with zero attached hydrogens (tertiary/aromatic N) is 3. The fourth-order valence-electron chi connectivity index (χ4n) is 3.00. The summed E-state index contributed by atoms with van der Waals surface area (Å²) in [6.45, 7) is 4.24. The molecule has 0 aliphatic heterocycles. The molecule has 2 aromatic carbocycles. The first-order chi connectivity index (χ1) is 12.0. The number of aromatic amines is 1. The van der Waals surface area contributed by atoms with Crippen molar-refractivity contribution in [2.75, 3.05) is 0 Å². The second kappa shape index (κ2) is 5.93. The number of pyridine rings is 1. The van der Waals surface area contributed by atoms with E-state index in [0.29, 0.717) is 4.77 Å². The van der Waals surface area contributed by atoms with E-state index in [-0.39, 0.29) is 0 Å². The summed E-state index contributed by atoms with van der Waals surface area (Å²) in [6.07, 6.45) is 0. The minimum Gasteiger partial charge on any atom is -0.303 e. The van der Waals surface area contributed by atoms with Crippen LogP contribution in [0.25, 0.3) is 33.5 Å². The van der Waals surface area contributed by atoms with E-state index in [1.807, 2.05) is 29.8 Å². The second-order valence-corrected chi connectivity index (χ2v) is 6.67. The molecule has 0 fully saturated rings. The second-order valence-electron chi connectivity index (χ2n) is 6.28. The average Bonchev–Trinajstić information content (AvgIpc) is 2.95. The van der Waals surface area contributed by atoms with E-state index >= 15 is 0 Å². The van der Waals surface area contributed by atoms with E-state index < -0.39 is 0 Å². The predicted molar refractivity (Wildman–Crippen MR) is 104 cm³/mol. The molecule has 0 aliphatic carbocycles. The monoisotopic (exact) mass is 346 g/mol. The Balaban J connectivity index is 2.03. The van der Waals surface area contributed by atoms with Crippen molar-refractivity contribution < 1.29 is 0 Å². The highest BCUT2D eigenvalue weighted by Gasteiger charge is 2.13. The van der Waals surface area contributed by atoms with Gasteiger partial charge in [-0.25, -0.2) is 4.98 Å². The largest absolute Gasteiger partial charge is 0.303 e. The van der Waals surface area contributed by atoms with Crippen LogP contribution in [-0.4, -0.2) is 19.7 Å². The Bertz CT molecular complexity index is 1150. The number of aromatic nitrogens is 4. The van der Waals surface area contributed by atoms with E-state index in [9.17, 15) is 0 Å². The predicted octanol–water partition coefficient (Wildman–Crippen LogP) is 4.98. The zero-order valence-corrected chi connectivity index (χ0v) is 15.2. The summed E-state index contributed by atoms with van der Waals surface area (Å²) in [6, 6.07) is 16.7. The van der Waals surface area contributed by atoms with Crippen molar-refractivity contribution in [3.63, 3.8) is 0 Å².